The van der Waals surface area contributed by atoms with E-state index in [4.69, 9.17) is 4.74 Å². The molecule has 6 heteroatoms. The van der Waals surface area contributed by atoms with Gasteiger partial charge in [-0.1, -0.05) is 0 Å². The second-order valence-electron chi connectivity index (χ2n) is 5.28. The minimum absolute atomic E-state index is 0.132. The van der Waals surface area contributed by atoms with E-state index in [1.807, 2.05) is 45.0 Å². The molecular formula is C17H17N3O2S. The molecule has 0 saturated carbocycles. The quantitative estimate of drug-likeness (QED) is 0.793. The number of nitrogens with one attached hydrogen (secondary N) is 1. The molecular weight excluding hydrogens is 310 g/mol. The maximum atomic E-state index is 12.6. The lowest BCUT2D eigenvalue weighted by molar-refractivity contribution is 0.103. The first-order valence-corrected chi connectivity index (χ1v) is 8.01. The van der Waals surface area contributed by atoms with Gasteiger partial charge in [-0.15, -0.1) is 11.3 Å². The van der Waals surface area contributed by atoms with Crippen LogP contribution in [-0.4, -0.2) is 23.0 Å². The van der Waals surface area contributed by atoms with Crippen molar-refractivity contribution in [2.45, 2.75) is 20.8 Å². The van der Waals surface area contributed by atoms with Crippen molar-refractivity contribution in [1.29, 1.82) is 0 Å². The van der Waals surface area contributed by atoms with E-state index in [1.54, 1.807) is 7.11 Å². The summed E-state index contributed by atoms with van der Waals surface area (Å²) in [6.45, 7) is 5.74. The molecule has 0 aliphatic rings. The summed E-state index contributed by atoms with van der Waals surface area (Å²) in [5, 5.41) is 3.89. The van der Waals surface area contributed by atoms with Crippen LogP contribution in [0.15, 0.2) is 24.3 Å². The number of nitrogens with zero attached hydrogens (tertiary/aromatic N) is 2. The summed E-state index contributed by atoms with van der Waals surface area (Å²) in [6, 6.07) is 7.25. The number of anilines is 1. The first kappa shape index (κ1) is 15.4. The van der Waals surface area contributed by atoms with Gasteiger partial charge in [-0.05, 0) is 50.6 Å². The number of benzene rings is 1. The standard InChI is InChI=1S/C17H17N3O2S/c1-9-14-10(2)18-11(3)19-17(14)23-15(9)16(21)20-12-5-7-13(22-4)8-6-12/h5-8H,1-4H3,(H,20,21). The van der Waals surface area contributed by atoms with E-state index < -0.39 is 0 Å². The number of amides is 1. The minimum Gasteiger partial charge on any atom is -0.497 e. The summed E-state index contributed by atoms with van der Waals surface area (Å²) in [4.78, 5) is 22.9. The fourth-order valence-electron chi connectivity index (χ4n) is 2.55. The van der Waals surface area contributed by atoms with E-state index in [0.29, 0.717) is 4.88 Å². The first-order chi connectivity index (χ1) is 11.0. The van der Waals surface area contributed by atoms with Crippen molar-refractivity contribution in [3.8, 4) is 5.75 Å². The van der Waals surface area contributed by atoms with Crippen LogP contribution in [0.25, 0.3) is 10.2 Å². The Hall–Kier alpha value is -2.47. The lowest BCUT2D eigenvalue weighted by atomic mass is 10.1. The number of carbonyl (C=O) groups is 1. The molecule has 2 aromatic heterocycles. The Morgan fingerprint density at radius 1 is 1.13 bits per heavy atom. The summed E-state index contributed by atoms with van der Waals surface area (Å²) in [7, 11) is 1.61. The van der Waals surface area contributed by atoms with Crippen LogP contribution >= 0.6 is 11.3 Å². The minimum atomic E-state index is -0.132. The number of hydrogen-bond donors (Lipinski definition) is 1. The van der Waals surface area contributed by atoms with Gasteiger partial charge < -0.3 is 10.1 Å². The summed E-state index contributed by atoms with van der Waals surface area (Å²) in [5.41, 5.74) is 2.56. The van der Waals surface area contributed by atoms with Crippen LogP contribution in [0.5, 0.6) is 5.75 Å². The molecule has 1 aromatic carbocycles. The van der Waals surface area contributed by atoms with E-state index in [2.05, 4.69) is 15.3 Å². The number of aryl methyl sites for hydroxylation is 3. The third-order valence-corrected chi connectivity index (χ3v) is 4.82. The molecule has 0 unspecified atom stereocenters. The Kier molecular flexibility index (Phi) is 4.00. The highest BCUT2D eigenvalue weighted by molar-refractivity contribution is 7.20. The van der Waals surface area contributed by atoms with Gasteiger partial charge in [0.15, 0.2) is 0 Å². The van der Waals surface area contributed by atoms with Crippen LogP contribution in [0, 0.1) is 20.8 Å². The number of rotatable bonds is 3. The zero-order valence-corrected chi connectivity index (χ0v) is 14.2. The van der Waals surface area contributed by atoms with Crippen molar-refractivity contribution in [3.63, 3.8) is 0 Å². The maximum absolute atomic E-state index is 12.6. The smallest absolute Gasteiger partial charge is 0.266 e. The molecule has 0 spiro atoms. The molecule has 0 atom stereocenters. The fourth-order valence-corrected chi connectivity index (χ4v) is 3.73. The monoisotopic (exact) mass is 327 g/mol. The molecule has 5 nitrogen and oxygen atoms in total. The molecule has 0 aliphatic carbocycles. The zero-order valence-electron chi connectivity index (χ0n) is 13.4. The highest BCUT2D eigenvalue weighted by atomic mass is 32.1. The number of methoxy groups -OCH3 is 1. The molecule has 3 rings (SSSR count). The number of carbonyl (C=O) groups excluding carboxylic acids is 1. The molecule has 0 bridgehead atoms. The van der Waals surface area contributed by atoms with E-state index in [0.717, 1.165) is 38.7 Å². The van der Waals surface area contributed by atoms with Crippen LogP contribution in [-0.2, 0) is 0 Å². The second kappa shape index (κ2) is 5.96. The Labute approximate surface area is 138 Å². The van der Waals surface area contributed by atoms with Crippen LogP contribution < -0.4 is 10.1 Å². The number of fused-ring (bicyclic) bond motifs is 1. The van der Waals surface area contributed by atoms with Crippen LogP contribution in [0.3, 0.4) is 0 Å². The van der Waals surface area contributed by atoms with Gasteiger partial charge in [0.2, 0.25) is 0 Å². The van der Waals surface area contributed by atoms with Gasteiger partial charge >= 0.3 is 0 Å². The molecule has 118 valence electrons. The Morgan fingerprint density at radius 2 is 1.83 bits per heavy atom. The molecule has 0 aliphatic heterocycles. The number of thiophene rings is 1. The van der Waals surface area contributed by atoms with Crippen LogP contribution in [0.1, 0.15) is 26.8 Å². The van der Waals surface area contributed by atoms with Crippen molar-refractivity contribution in [1.82, 2.24) is 9.97 Å². The first-order valence-electron chi connectivity index (χ1n) is 7.19. The summed E-state index contributed by atoms with van der Waals surface area (Å²) >= 11 is 1.40. The lowest BCUT2D eigenvalue weighted by Gasteiger charge is -2.05. The van der Waals surface area contributed by atoms with Gasteiger partial charge in [-0.2, -0.15) is 0 Å². The average molecular weight is 327 g/mol. The summed E-state index contributed by atoms with van der Waals surface area (Å²) < 4.78 is 5.12. The van der Waals surface area contributed by atoms with Crippen LogP contribution in [0.2, 0.25) is 0 Å². The number of hydrogen-bond acceptors (Lipinski definition) is 5. The van der Waals surface area contributed by atoms with Crippen molar-refractivity contribution >= 4 is 33.1 Å². The van der Waals surface area contributed by atoms with E-state index in [9.17, 15) is 4.79 Å². The van der Waals surface area contributed by atoms with Gasteiger partial charge in [-0.3, -0.25) is 4.79 Å². The highest BCUT2D eigenvalue weighted by Crippen LogP contribution is 2.31. The highest BCUT2D eigenvalue weighted by Gasteiger charge is 2.18. The van der Waals surface area contributed by atoms with Gasteiger partial charge in [0.05, 0.1) is 12.0 Å². The zero-order chi connectivity index (χ0) is 16.6. The lowest BCUT2D eigenvalue weighted by Crippen LogP contribution is -2.11. The van der Waals surface area contributed by atoms with E-state index in [1.165, 1.54) is 11.3 Å². The van der Waals surface area contributed by atoms with Crippen molar-refractivity contribution in [3.05, 3.63) is 46.2 Å². The Balaban J connectivity index is 1.94. The van der Waals surface area contributed by atoms with Crippen molar-refractivity contribution in [2.24, 2.45) is 0 Å². The van der Waals surface area contributed by atoms with Crippen LogP contribution in [0.4, 0.5) is 5.69 Å². The van der Waals surface area contributed by atoms with Crippen molar-refractivity contribution < 1.29 is 9.53 Å². The normalized spacial score (nSPS) is 10.8. The van der Waals surface area contributed by atoms with Crippen molar-refractivity contribution in [2.75, 3.05) is 12.4 Å². The van der Waals surface area contributed by atoms with Gasteiger partial charge in [0.1, 0.15) is 16.4 Å². The molecule has 1 amide bonds. The Morgan fingerprint density at radius 3 is 2.48 bits per heavy atom. The molecule has 0 radical (unpaired) electrons. The van der Waals surface area contributed by atoms with Gasteiger partial charge in [0.25, 0.3) is 5.91 Å². The molecule has 1 N–H and O–H groups in total. The van der Waals surface area contributed by atoms with E-state index in [-0.39, 0.29) is 5.91 Å². The Bertz CT molecular complexity index is 885. The maximum Gasteiger partial charge on any atom is 0.266 e. The molecule has 3 aromatic rings. The molecule has 0 fully saturated rings. The number of aromatic nitrogens is 2. The molecule has 23 heavy (non-hydrogen) atoms. The number of ether oxygens (including phenoxy) is 1. The molecule has 2 heterocycles. The summed E-state index contributed by atoms with van der Waals surface area (Å²) in [6.07, 6.45) is 0. The topological polar surface area (TPSA) is 64.1 Å². The predicted octanol–water partition coefficient (Wildman–Crippen LogP) is 3.88. The fraction of sp³-hybridized carbons (Fsp3) is 0.235. The van der Waals surface area contributed by atoms with Gasteiger partial charge in [-0.25, -0.2) is 9.97 Å². The SMILES string of the molecule is COc1ccc(NC(=O)c2sc3nc(C)nc(C)c3c2C)cc1. The third kappa shape index (κ3) is 2.90. The predicted molar refractivity (Wildman–Crippen MR) is 92.6 cm³/mol. The molecule has 0 saturated heterocycles. The third-order valence-electron chi connectivity index (χ3n) is 3.64. The largest absolute Gasteiger partial charge is 0.497 e. The van der Waals surface area contributed by atoms with E-state index >= 15 is 0 Å². The second-order valence-corrected chi connectivity index (χ2v) is 6.27. The average Bonchev–Trinajstić information content (AvgIpc) is 2.85. The van der Waals surface area contributed by atoms with Gasteiger partial charge in [0, 0.05) is 16.8 Å². The summed E-state index contributed by atoms with van der Waals surface area (Å²) in [5.74, 6) is 1.34.